The molecule has 0 saturated carbocycles. The van der Waals surface area contributed by atoms with Crippen LogP contribution in [0.15, 0.2) is 125 Å². The van der Waals surface area contributed by atoms with E-state index in [1.54, 1.807) is 11.8 Å². The molecule has 1 aliphatic heterocycles. The second kappa shape index (κ2) is 10.1. The predicted molar refractivity (Wildman–Crippen MR) is 142 cm³/mol. The first-order valence-electron chi connectivity index (χ1n) is 10.9. The number of amidine groups is 1. The van der Waals surface area contributed by atoms with E-state index >= 15 is 0 Å². The van der Waals surface area contributed by atoms with Crippen LogP contribution in [-0.2, 0) is 6.54 Å². The number of thioether (sulfide) groups is 1. The summed E-state index contributed by atoms with van der Waals surface area (Å²) in [6, 6.07) is 39.5. The van der Waals surface area contributed by atoms with Gasteiger partial charge in [0, 0.05) is 16.5 Å². The van der Waals surface area contributed by atoms with Gasteiger partial charge in [0.15, 0.2) is 5.17 Å². The Hall–Kier alpha value is -3.27. The van der Waals surface area contributed by atoms with Crippen molar-refractivity contribution >= 4 is 40.3 Å². The second-order valence-corrected chi connectivity index (χ2v) is 9.33. The fraction of sp³-hybridized carbons (Fsp3) is 0.0690. The van der Waals surface area contributed by atoms with Crippen molar-refractivity contribution in [1.82, 2.24) is 4.90 Å². The molecule has 4 aromatic rings. The molecule has 1 fully saturated rings. The van der Waals surface area contributed by atoms with Crippen LogP contribution >= 0.6 is 23.4 Å². The van der Waals surface area contributed by atoms with Gasteiger partial charge in [-0.05, 0) is 47.0 Å². The zero-order valence-electron chi connectivity index (χ0n) is 18.0. The van der Waals surface area contributed by atoms with Crippen molar-refractivity contribution in [3.05, 3.63) is 142 Å². The summed E-state index contributed by atoms with van der Waals surface area (Å²) in [6.45, 7) is 0.770. The molecule has 1 saturated heterocycles. The van der Waals surface area contributed by atoms with Crippen LogP contribution in [0.5, 0.6) is 0 Å². The number of hydrogen-bond donors (Lipinski definition) is 0. The van der Waals surface area contributed by atoms with Crippen LogP contribution in [0.2, 0.25) is 5.02 Å². The van der Waals surface area contributed by atoms with Crippen molar-refractivity contribution in [2.45, 2.75) is 12.6 Å². The lowest BCUT2D eigenvalue weighted by molar-refractivity contribution is 0.370. The van der Waals surface area contributed by atoms with E-state index in [2.05, 4.69) is 95.9 Å². The second-order valence-electron chi connectivity index (χ2n) is 7.86. The zero-order chi connectivity index (χ0) is 22.5. The molecule has 5 rings (SSSR count). The Bertz CT molecular complexity index is 1250. The van der Waals surface area contributed by atoms with Crippen molar-refractivity contribution in [3.8, 4) is 0 Å². The van der Waals surface area contributed by atoms with E-state index in [1.807, 2.05) is 30.3 Å². The van der Waals surface area contributed by atoms with Gasteiger partial charge in [-0.3, -0.25) is 0 Å². The number of hydrogen-bond acceptors (Lipinski definition) is 2. The molecule has 0 amide bonds. The third kappa shape index (κ3) is 5.22. The van der Waals surface area contributed by atoms with Gasteiger partial charge in [-0.2, -0.15) is 0 Å². The minimum Gasteiger partial charge on any atom is -0.335 e. The molecule has 1 heterocycles. The van der Waals surface area contributed by atoms with E-state index < -0.39 is 0 Å². The van der Waals surface area contributed by atoms with Crippen molar-refractivity contribution in [2.75, 3.05) is 0 Å². The van der Waals surface area contributed by atoms with E-state index in [1.165, 1.54) is 21.6 Å². The third-order valence-electron chi connectivity index (χ3n) is 5.51. The van der Waals surface area contributed by atoms with Crippen LogP contribution in [0.25, 0.3) is 6.08 Å². The van der Waals surface area contributed by atoms with E-state index in [0.29, 0.717) is 5.02 Å². The molecule has 0 radical (unpaired) electrons. The Labute approximate surface area is 204 Å². The first kappa shape index (κ1) is 21.6. The molecule has 0 N–H and O–H groups in total. The van der Waals surface area contributed by atoms with E-state index in [4.69, 9.17) is 16.6 Å². The van der Waals surface area contributed by atoms with E-state index in [9.17, 15) is 0 Å². The lowest BCUT2D eigenvalue weighted by Crippen LogP contribution is -2.27. The van der Waals surface area contributed by atoms with Crippen LogP contribution in [0.3, 0.4) is 0 Å². The Morgan fingerprint density at radius 3 is 2.03 bits per heavy atom. The number of nitrogens with zero attached hydrogens (tertiary/aromatic N) is 2. The number of halogens is 1. The molecular formula is C29H23ClN2S. The Balaban J connectivity index is 1.62. The SMILES string of the molecule is Clc1ccc(N=C2S/C(=C\c3ccccc3)C(c3ccccc3)N2Cc2ccccc2)cc1. The molecule has 1 unspecified atom stereocenters. The topological polar surface area (TPSA) is 15.6 Å². The lowest BCUT2D eigenvalue weighted by Gasteiger charge is -2.27. The average molecular weight is 467 g/mol. The molecule has 0 bridgehead atoms. The molecule has 2 nitrogen and oxygen atoms in total. The minimum absolute atomic E-state index is 0.0858. The van der Waals surface area contributed by atoms with Gasteiger partial charge in [0.25, 0.3) is 0 Å². The molecule has 4 heteroatoms. The summed E-state index contributed by atoms with van der Waals surface area (Å²) in [6.07, 6.45) is 2.28. The standard InChI is InChI=1S/C29H23ClN2S/c30-25-16-18-26(19-17-25)31-29-32(21-23-12-6-2-7-13-23)28(24-14-8-3-9-15-24)27(33-29)20-22-10-4-1-5-11-22/h1-20,28H,21H2/b27-20-,31-29?. The van der Waals surface area contributed by atoms with Gasteiger partial charge in [0.05, 0.1) is 11.7 Å². The fourth-order valence-electron chi connectivity index (χ4n) is 3.94. The summed E-state index contributed by atoms with van der Waals surface area (Å²) in [7, 11) is 0. The van der Waals surface area contributed by atoms with Crippen LogP contribution in [-0.4, -0.2) is 10.1 Å². The fourth-order valence-corrected chi connectivity index (χ4v) is 5.28. The van der Waals surface area contributed by atoms with Gasteiger partial charge in [0.2, 0.25) is 0 Å². The van der Waals surface area contributed by atoms with Crippen LogP contribution in [0.1, 0.15) is 22.7 Å². The highest BCUT2D eigenvalue weighted by molar-refractivity contribution is 8.17. The van der Waals surface area contributed by atoms with Gasteiger partial charge in [-0.1, -0.05) is 114 Å². The Morgan fingerprint density at radius 2 is 1.36 bits per heavy atom. The molecular weight excluding hydrogens is 444 g/mol. The summed E-state index contributed by atoms with van der Waals surface area (Å²) in [4.78, 5) is 8.71. The van der Waals surface area contributed by atoms with Gasteiger partial charge >= 0.3 is 0 Å². The van der Waals surface area contributed by atoms with Crippen LogP contribution in [0, 0.1) is 0 Å². The largest absolute Gasteiger partial charge is 0.335 e. The van der Waals surface area contributed by atoms with Gasteiger partial charge in [0.1, 0.15) is 0 Å². The number of benzene rings is 4. The third-order valence-corrected chi connectivity index (χ3v) is 6.84. The summed E-state index contributed by atoms with van der Waals surface area (Å²) in [5.74, 6) is 0. The quantitative estimate of drug-likeness (QED) is 0.293. The number of aliphatic imine (C=N–C) groups is 1. The summed E-state index contributed by atoms with van der Waals surface area (Å²) in [5.41, 5.74) is 4.59. The van der Waals surface area contributed by atoms with Crippen molar-refractivity contribution < 1.29 is 0 Å². The van der Waals surface area contributed by atoms with E-state index in [-0.39, 0.29) is 6.04 Å². The minimum atomic E-state index is 0.0858. The highest BCUT2D eigenvalue weighted by Gasteiger charge is 2.36. The summed E-state index contributed by atoms with van der Waals surface area (Å²) < 4.78 is 0. The predicted octanol–water partition coefficient (Wildman–Crippen LogP) is 8.36. The maximum absolute atomic E-state index is 6.11. The maximum atomic E-state index is 6.11. The van der Waals surface area contributed by atoms with Crippen molar-refractivity contribution in [3.63, 3.8) is 0 Å². The van der Waals surface area contributed by atoms with E-state index in [0.717, 1.165) is 17.4 Å². The zero-order valence-corrected chi connectivity index (χ0v) is 19.6. The average Bonchev–Trinajstić information content (AvgIpc) is 3.18. The summed E-state index contributed by atoms with van der Waals surface area (Å²) >= 11 is 7.85. The van der Waals surface area contributed by atoms with Gasteiger partial charge in [-0.25, -0.2) is 4.99 Å². The number of rotatable bonds is 5. The Morgan fingerprint density at radius 1 is 0.758 bits per heavy atom. The first-order chi connectivity index (χ1) is 16.3. The highest BCUT2D eigenvalue weighted by atomic mass is 35.5. The molecule has 0 aliphatic carbocycles. The Kier molecular flexibility index (Phi) is 6.61. The lowest BCUT2D eigenvalue weighted by atomic mass is 10.0. The monoisotopic (exact) mass is 466 g/mol. The van der Waals surface area contributed by atoms with Crippen molar-refractivity contribution in [2.24, 2.45) is 4.99 Å². The molecule has 1 aliphatic rings. The molecule has 0 aromatic heterocycles. The molecule has 1 atom stereocenters. The summed E-state index contributed by atoms with van der Waals surface area (Å²) in [5, 5.41) is 1.70. The molecule has 4 aromatic carbocycles. The van der Waals surface area contributed by atoms with Crippen LogP contribution < -0.4 is 0 Å². The van der Waals surface area contributed by atoms with Crippen molar-refractivity contribution in [1.29, 1.82) is 0 Å². The molecule has 33 heavy (non-hydrogen) atoms. The van der Waals surface area contributed by atoms with Crippen LogP contribution in [0.4, 0.5) is 5.69 Å². The smallest absolute Gasteiger partial charge is 0.170 e. The molecule has 0 spiro atoms. The molecule has 162 valence electrons. The van der Waals surface area contributed by atoms with Gasteiger partial charge in [-0.15, -0.1) is 0 Å². The van der Waals surface area contributed by atoms with Gasteiger partial charge < -0.3 is 4.90 Å². The highest BCUT2D eigenvalue weighted by Crippen LogP contribution is 2.47. The first-order valence-corrected chi connectivity index (χ1v) is 12.1. The normalized spacial score (nSPS) is 18.2. The maximum Gasteiger partial charge on any atom is 0.170 e.